The van der Waals surface area contributed by atoms with Crippen molar-refractivity contribution in [3.63, 3.8) is 0 Å². The highest BCUT2D eigenvalue weighted by Crippen LogP contribution is 2.26. The predicted molar refractivity (Wildman–Crippen MR) is 119 cm³/mol. The molecule has 146 valence electrons. The number of anilines is 2. The topological polar surface area (TPSA) is 49.6 Å². The largest absolute Gasteiger partial charge is 0.378 e. The molecule has 0 spiro atoms. The Bertz CT molecular complexity index is 1190. The van der Waals surface area contributed by atoms with Crippen LogP contribution < -0.4 is 10.2 Å². The molecule has 0 aliphatic carbocycles. The summed E-state index contributed by atoms with van der Waals surface area (Å²) in [6, 6.07) is 17.7. The monoisotopic (exact) mass is 384 g/mol. The van der Waals surface area contributed by atoms with E-state index in [-0.39, 0.29) is 5.91 Å². The van der Waals surface area contributed by atoms with E-state index in [9.17, 15) is 4.79 Å². The normalized spacial score (nSPS) is 10.9. The van der Waals surface area contributed by atoms with Gasteiger partial charge in [-0.1, -0.05) is 18.2 Å². The molecule has 0 atom stereocenters. The number of pyridine rings is 1. The summed E-state index contributed by atoms with van der Waals surface area (Å²) < 4.78 is 2.02. The van der Waals surface area contributed by atoms with Crippen LogP contribution in [0.3, 0.4) is 0 Å². The SMILES string of the molecule is Cc1ccc(-c2cn3cccc(C)c3n2)cc1NC(=O)c1ccc(N(C)C)cc1. The molecule has 1 N–H and O–H groups in total. The minimum atomic E-state index is -0.124. The molecule has 0 aliphatic heterocycles. The average Bonchev–Trinajstić information content (AvgIpc) is 3.15. The first-order valence-electron chi connectivity index (χ1n) is 9.56. The number of hydrogen-bond acceptors (Lipinski definition) is 3. The first-order chi connectivity index (χ1) is 13.9. The number of aryl methyl sites for hydroxylation is 2. The second-order valence-corrected chi connectivity index (χ2v) is 7.47. The smallest absolute Gasteiger partial charge is 0.255 e. The van der Waals surface area contributed by atoms with Crippen molar-refractivity contribution in [2.24, 2.45) is 0 Å². The van der Waals surface area contributed by atoms with Crippen LogP contribution in [-0.4, -0.2) is 29.4 Å². The second-order valence-electron chi connectivity index (χ2n) is 7.47. The Morgan fingerprint density at radius 1 is 1.00 bits per heavy atom. The fourth-order valence-electron chi connectivity index (χ4n) is 3.31. The lowest BCUT2D eigenvalue weighted by Gasteiger charge is -2.13. The maximum Gasteiger partial charge on any atom is 0.255 e. The Morgan fingerprint density at radius 3 is 2.45 bits per heavy atom. The number of aromatic nitrogens is 2. The van der Waals surface area contributed by atoms with Crippen LogP contribution in [0.4, 0.5) is 11.4 Å². The highest BCUT2D eigenvalue weighted by molar-refractivity contribution is 6.05. The Morgan fingerprint density at radius 2 is 1.76 bits per heavy atom. The first kappa shape index (κ1) is 18.7. The zero-order chi connectivity index (χ0) is 20.5. The summed E-state index contributed by atoms with van der Waals surface area (Å²) in [5.41, 5.74) is 7.40. The summed E-state index contributed by atoms with van der Waals surface area (Å²) >= 11 is 0. The Hall–Kier alpha value is -3.60. The maximum absolute atomic E-state index is 12.7. The number of imidazole rings is 1. The summed E-state index contributed by atoms with van der Waals surface area (Å²) in [4.78, 5) is 19.5. The molecule has 29 heavy (non-hydrogen) atoms. The molecular formula is C24H24N4O. The quantitative estimate of drug-likeness (QED) is 0.542. The number of fused-ring (bicyclic) bond motifs is 1. The van der Waals surface area contributed by atoms with Gasteiger partial charge in [0, 0.05) is 49.0 Å². The van der Waals surface area contributed by atoms with Gasteiger partial charge in [-0.05, 0) is 61.4 Å². The number of rotatable bonds is 4. The number of nitrogens with one attached hydrogen (secondary N) is 1. The van der Waals surface area contributed by atoms with Crippen LogP contribution in [0.25, 0.3) is 16.9 Å². The highest BCUT2D eigenvalue weighted by Gasteiger charge is 2.11. The van der Waals surface area contributed by atoms with E-state index in [4.69, 9.17) is 4.98 Å². The molecule has 5 heteroatoms. The van der Waals surface area contributed by atoms with Crippen LogP contribution in [0.5, 0.6) is 0 Å². The van der Waals surface area contributed by atoms with Gasteiger partial charge in [-0.3, -0.25) is 4.79 Å². The van der Waals surface area contributed by atoms with Gasteiger partial charge >= 0.3 is 0 Å². The summed E-state index contributed by atoms with van der Waals surface area (Å²) in [5, 5.41) is 3.04. The number of benzene rings is 2. The van der Waals surface area contributed by atoms with Gasteiger partial charge in [-0.25, -0.2) is 4.98 Å². The molecule has 0 fully saturated rings. The third-order valence-corrected chi connectivity index (χ3v) is 5.11. The van der Waals surface area contributed by atoms with E-state index in [0.29, 0.717) is 5.56 Å². The van der Waals surface area contributed by atoms with E-state index in [1.54, 1.807) is 0 Å². The number of carbonyl (C=O) groups is 1. The molecule has 0 aliphatic rings. The number of hydrogen-bond donors (Lipinski definition) is 1. The van der Waals surface area contributed by atoms with Gasteiger partial charge in [-0.15, -0.1) is 0 Å². The van der Waals surface area contributed by atoms with Gasteiger partial charge in [0.1, 0.15) is 5.65 Å². The van der Waals surface area contributed by atoms with Crippen molar-refractivity contribution in [3.8, 4) is 11.3 Å². The molecule has 2 heterocycles. The molecule has 0 bridgehead atoms. The third-order valence-electron chi connectivity index (χ3n) is 5.11. The Balaban J connectivity index is 1.62. The molecule has 4 aromatic rings. The zero-order valence-corrected chi connectivity index (χ0v) is 17.1. The van der Waals surface area contributed by atoms with E-state index < -0.39 is 0 Å². The van der Waals surface area contributed by atoms with E-state index >= 15 is 0 Å². The van der Waals surface area contributed by atoms with Crippen LogP contribution in [0, 0.1) is 13.8 Å². The lowest BCUT2D eigenvalue weighted by molar-refractivity contribution is 0.102. The molecule has 0 radical (unpaired) electrons. The molecule has 0 saturated heterocycles. The molecule has 0 unspecified atom stereocenters. The van der Waals surface area contributed by atoms with Crippen molar-refractivity contribution >= 4 is 22.9 Å². The summed E-state index contributed by atoms with van der Waals surface area (Å²) in [6.45, 7) is 4.04. The third kappa shape index (κ3) is 3.72. The second kappa shape index (κ2) is 7.43. The number of amides is 1. The van der Waals surface area contributed by atoms with Crippen LogP contribution in [0.15, 0.2) is 67.0 Å². The average molecular weight is 384 g/mol. The Labute approximate surface area is 170 Å². The van der Waals surface area contributed by atoms with Crippen molar-refractivity contribution in [2.45, 2.75) is 13.8 Å². The van der Waals surface area contributed by atoms with Gasteiger partial charge in [0.15, 0.2) is 0 Å². The summed E-state index contributed by atoms with van der Waals surface area (Å²) in [5.74, 6) is -0.124. The molecule has 2 aromatic carbocycles. The standard InChI is InChI=1S/C24H24N4O/c1-16-7-8-19(22-15-28-13-5-6-17(2)23(28)25-22)14-21(16)26-24(29)18-9-11-20(12-10-18)27(3)4/h5-15H,1-4H3,(H,26,29). The van der Waals surface area contributed by atoms with Crippen LogP contribution >= 0.6 is 0 Å². The molecule has 5 nitrogen and oxygen atoms in total. The maximum atomic E-state index is 12.7. The van der Waals surface area contributed by atoms with Crippen molar-refractivity contribution in [1.29, 1.82) is 0 Å². The van der Waals surface area contributed by atoms with E-state index in [2.05, 4.69) is 18.3 Å². The van der Waals surface area contributed by atoms with E-state index in [1.807, 2.05) is 91.2 Å². The fraction of sp³-hybridized carbons (Fsp3) is 0.167. The minimum Gasteiger partial charge on any atom is -0.378 e. The Kier molecular flexibility index (Phi) is 4.80. The minimum absolute atomic E-state index is 0.124. The first-order valence-corrected chi connectivity index (χ1v) is 9.56. The van der Waals surface area contributed by atoms with Gasteiger partial charge in [-0.2, -0.15) is 0 Å². The molecule has 0 saturated carbocycles. The van der Waals surface area contributed by atoms with E-state index in [0.717, 1.165) is 39.4 Å². The summed E-state index contributed by atoms with van der Waals surface area (Å²) in [7, 11) is 3.95. The van der Waals surface area contributed by atoms with Gasteiger partial charge in [0.05, 0.1) is 5.69 Å². The fourth-order valence-corrected chi connectivity index (χ4v) is 3.31. The highest BCUT2D eigenvalue weighted by atomic mass is 16.1. The molecule has 2 aromatic heterocycles. The molecule has 4 rings (SSSR count). The van der Waals surface area contributed by atoms with Gasteiger partial charge in [0.25, 0.3) is 5.91 Å². The van der Waals surface area contributed by atoms with Crippen molar-refractivity contribution in [2.75, 3.05) is 24.3 Å². The lowest BCUT2D eigenvalue weighted by atomic mass is 10.1. The number of carbonyl (C=O) groups excluding carboxylic acids is 1. The lowest BCUT2D eigenvalue weighted by Crippen LogP contribution is -2.14. The van der Waals surface area contributed by atoms with Crippen molar-refractivity contribution in [1.82, 2.24) is 9.38 Å². The van der Waals surface area contributed by atoms with Crippen LogP contribution in [-0.2, 0) is 0 Å². The van der Waals surface area contributed by atoms with Crippen LogP contribution in [0.2, 0.25) is 0 Å². The van der Waals surface area contributed by atoms with Gasteiger partial charge < -0.3 is 14.6 Å². The van der Waals surface area contributed by atoms with Crippen molar-refractivity contribution in [3.05, 3.63) is 83.7 Å². The zero-order valence-electron chi connectivity index (χ0n) is 17.1. The number of nitrogens with zero attached hydrogens (tertiary/aromatic N) is 3. The predicted octanol–water partition coefficient (Wildman–Crippen LogP) is 4.94. The molecular weight excluding hydrogens is 360 g/mol. The van der Waals surface area contributed by atoms with E-state index in [1.165, 1.54) is 0 Å². The summed E-state index contributed by atoms with van der Waals surface area (Å²) in [6.07, 6.45) is 4.01. The molecule has 1 amide bonds. The van der Waals surface area contributed by atoms with Crippen molar-refractivity contribution < 1.29 is 4.79 Å². The van der Waals surface area contributed by atoms with Crippen LogP contribution in [0.1, 0.15) is 21.5 Å². The van der Waals surface area contributed by atoms with Gasteiger partial charge in [0.2, 0.25) is 0 Å².